The van der Waals surface area contributed by atoms with Crippen LogP contribution in [0.1, 0.15) is 0 Å². The maximum atomic E-state index is 6.30. The maximum absolute atomic E-state index is 6.30. The van der Waals surface area contributed by atoms with Crippen LogP contribution in [0.3, 0.4) is 0 Å². The molecule has 0 amide bonds. The van der Waals surface area contributed by atoms with Crippen molar-refractivity contribution in [1.82, 2.24) is 4.98 Å². The van der Waals surface area contributed by atoms with Gasteiger partial charge in [-0.15, -0.1) is 0 Å². The van der Waals surface area contributed by atoms with Crippen molar-refractivity contribution in [2.24, 2.45) is 0 Å². The summed E-state index contributed by atoms with van der Waals surface area (Å²) in [5, 5.41) is 2.71. The van der Waals surface area contributed by atoms with Crippen LogP contribution in [0.4, 0.5) is 0 Å². The van der Waals surface area contributed by atoms with Gasteiger partial charge in [-0.1, -0.05) is 54.1 Å². The van der Waals surface area contributed by atoms with Gasteiger partial charge in [-0.2, -0.15) is 0 Å². The fourth-order valence-corrected chi connectivity index (χ4v) is 2.65. The summed E-state index contributed by atoms with van der Waals surface area (Å²) >= 11 is 6.30. The minimum absolute atomic E-state index is 0.591. The summed E-state index contributed by atoms with van der Waals surface area (Å²) in [5.74, 6) is 0.596. The van der Waals surface area contributed by atoms with Crippen molar-refractivity contribution in [3.05, 3.63) is 65.7 Å². The van der Waals surface area contributed by atoms with Crippen molar-refractivity contribution in [1.29, 1.82) is 0 Å². The molecule has 0 spiro atoms. The Morgan fingerprint density at radius 3 is 2.50 bits per heavy atom. The standard InChI is InChI=1S/C17H10ClNO/c18-14-10-12-8-4-5-9-13(12)15-16(14)20-17(19-15)11-6-2-1-3-7-11/h1-10H. The smallest absolute Gasteiger partial charge is 0.227 e. The normalized spacial score (nSPS) is 11.2. The molecule has 2 nitrogen and oxygen atoms in total. The molecule has 0 aliphatic carbocycles. The summed E-state index contributed by atoms with van der Waals surface area (Å²) in [7, 11) is 0. The first kappa shape index (κ1) is 11.5. The van der Waals surface area contributed by atoms with Crippen molar-refractivity contribution < 1.29 is 4.42 Å². The highest BCUT2D eigenvalue weighted by Gasteiger charge is 2.13. The Labute approximate surface area is 120 Å². The van der Waals surface area contributed by atoms with E-state index in [1.807, 2.05) is 60.7 Å². The van der Waals surface area contributed by atoms with E-state index in [4.69, 9.17) is 16.0 Å². The van der Waals surface area contributed by atoms with E-state index in [2.05, 4.69) is 4.98 Å². The molecule has 0 bridgehead atoms. The second kappa shape index (κ2) is 4.36. The van der Waals surface area contributed by atoms with Crippen LogP contribution in [0, 0.1) is 0 Å². The van der Waals surface area contributed by atoms with E-state index < -0.39 is 0 Å². The van der Waals surface area contributed by atoms with E-state index in [-0.39, 0.29) is 0 Å². The predicted octanol–water partition coefficient (Wildman–Crippen LogP) is 5.30. The summed E-state index contributed by atoms with van der Waals surface area (Å²) in [6.45, 7) is 0. The molecule has 3 aromatic carbocycles. The van der Waals surface area contributed by atoms with E-state index in [0.717, 1.165) is 21.9 Å². The zero-order chi connectivity index (χ0) is 13.5. The van der Waals surface area contributed by atoms with Crippen LogP contribution in [0.25, 0.3) is 33.3 Å². The van der Waals surface area contributed by atoms with E-state index >= 15 is 0 Å². The third-order valence-corrected chi connectivity index (χ3v) is 3.64. The Balaban J connectivity index is 2.08. The third kappa shape index (κ3) is 1.69. The zero-order valence-electron chi connectivity index (χ0n) is 10.5. The fourth-order valence-electron chi connectivity index (χ4n) is 2.41. The fraction of sp³-hybridized carbons (Fsp3) is 0. The Morgan fingerprint density at radius 1 is 0.900 bits per heavy atom. The quantitative estimate of drug-likeness (QED) is 0.472. The number of oxazole rings is 1. The average molecular weight is 280 g/mol. The summed E-state index contributed by atoms with van der Waals surface area (Å²) in [4.78, 5) is 4.62. The minimum atomic E-state index is 0.591. The number of halogens is 1. The summed E-state index contributed by atoms with van der Waals surface area (Å²) in [6.07, 6.45) is 0. The molecular formula is C17H10ClNO. The van der Waals surface area contributed by atoms with E-state index in [1.54, 1.807) is 0 Å². The molecule has 4 rings (SSSR count). The molecule has 0 fully saturated rings. The first-order chi connectivity index (χ1) is 9.83. The largest absolute Gasteiger partial charge is 0.434 e. The SMILES string of the molecule is Clc1cc2ccccc2c2nc(-c3ccccc3)oc12. The van der Waals surface area contributed by atoms with Gasteiger partial charge in [0.2, 0.25) is 5.89 Å². The third-order valence-electron chi connectivity index (χ3n) is 3.36. The monoisotopic (exact) mass is 279 g/mol. The molecule has 0 radical (unpaired) electrons. The first-order valence-corrected chi connectivity index (χ1v) is 6.74. The van der Waals surface area contributed by atoms with Gasteiger partial charge in [-0.05, 0) is 23.6 Å². The number of benzene rings is 3. The maximum Gasteiger partial charge on any atom is 0.227 e. The molecule has 0 saturated heterocycles. The van der Waals surface area contributed by atoms with Crippen LogP contribution >= 0.6 is 11.6 Å². The molecule has 0 atom stereocenters. The van der Waals surface area contributed by atoms with Crippen molar-refractivity contribution in [3.8, 4) is 11.5 Å². The van der Waals surface area contributed by atoms with Crippen molar-refractivity contribution in [2.75, 3.05) is 0 Å². The summed E-state index contributed by atoms with van der Waals surface area (Å²) in [5.41, 5.74) is 2.40. The van der Waals surface area contributed by atoms with E-state index in [9.17, 15) is 0 Å². The number of rotatable bonds is 1. The van der Waals surface area contributed by atoms with Crippen LogP contribution in [-0.4, -0.2) is 4.98 Å². The van der Waals surface area contributed by atoms with Gasteiger partial charge in [0.05, 0.1) is 5.02 Å². The van der Waals surface area contributed by atoms with Crippen LogP contribution in [0.5, 0.6) is 0 Å². The van der Waals surface area contributed by atoms with Gasteiger partial charge in [0.25, 0.3) is 0 Å². The van der Waals surface area contributed by atoms with Crippen molar-refractivity contribution >= 4 is 33.5 Å². The molecular weight excluding hydrogens is 270 g/mol. The molecule has 4 aromatic rings. The minimum Gasteiger partial charge on any atom is -0.434 e. The Hall–Kier alpha value is -2.32. The second-order valence-corrected chi connectivity index (χ2v) is 5.05. The van der Waals surface area contributed by atoms with Crippen molar-refractivity contribution in [3.63, 3.8) is 0 Å². The second-order valence-electron chi connectivity index (χ2n) is 4.64. The number of aromatic nitrogens is 1. The van der Waals surface area contributed by atoms with Gasteiger partial charge in [-0.3, -0.25) is 0 Å². The molecule has 0 saturated carbocycles. The van der Waals surface area contributed by atoms with Gasteiger partial charge >= 0.3 is 0 Å². The molecule has 0 unspecified atom stereocenters. The highest BCUT2D eigenvalue weighted by molar-refractivity contribution is 6.36. The van der Waals surface area contributed by atoms with Crippen molar-refractivity contribution in [2.45, 2.75) is 0 Å². The summed E-state index contributed by atoms with van der Waals surface area (Å²) in [6, 6.07) is 19.8. The van der Waals surface area contributed by atoms with Gasteiger partial charge < -0.3 is 4.42 Å². The molecule has 20 heavy (non-hydrogen) atoms. The number of hydrogen-bond donors (Lipinski definition) is 0. The molecule has 1 heterocycles. The molecule has 96 valence electrons. The lowest BCUT2D eigenvalue weighted by Crippen LogP contribution is -1.77. The lowest BCUT2D eigenvalue weighted by atomic mass is 10.1. The topological polar surface area (TPSA) is 26.0 Å². The van der Waals surface area contributed by atoms with Crippen LogP contribution in [-0.2, 0) is 0 Å². The number of fused-ring (bicyclic) bond motifs is 3. The van der Waals surface area contributed by atoms with E-state index in [1.165, 1.54) is 0 Å². The van der Waals surface area contributed by atoms with Crippen LogP contribution in [0.2, 0.25) is 5.02 Å². The van der Waals surface area contributed by atoms with Gasteiger partial charge in [-0.25, -0.2) is 4.98 Å². The van der Waals surface area contributed by atoms with E-state index in [0.29, 0.717) is 16.5 Å². The summed E-state index contributed by atoms with van der Waals surface area (Å²) < 4.78 is 5.85. The Kier molecular flexibility index (Phi) is 2.51. The predicted molar refractivity (Wildman–Crippen MR) is 82.0 cm³/mol. The van der Waals surface area contributed by atoms with Gasteiger partial charge in [0, 0.05) is 10.9 Å². The Morgan fingerprint density at radius 2 is 1.65 bits per heavy atom. The molecule has 0 aliphatic rings. The Bertz CT molecular complexity index is 912. The lowest BCUT2D eigenvalue weighted by Gasteiger charge is -1.98. The highest BCUT2D eigenvalue weighted by Crippen LogP contribution is 2.34. The lowest BCUT2D eigenvalue weighted by molar-refractivity contribution is 0.620. The highest BCUT2D eigenvalue weighted by atomic mass is 35.5. The van der Waals surface area contributed by atoms with Gasteiger partial charge in [0.1, 0.15) is 5.52 Å². The molecule has 0 N–H and O–H groups in total. The molecule has 1 aromatic heterocycles. The average Bonchev–Trinajstić information content (AvgIpc) is 2.94. The zero-order valence-corrected chi connectivity index (χ0v) is 11.3. The number of nitrogens with zero attached hydrogens (tertiary/aromatic N) is 1. The molecule has 0 aliphatic heterocycles. The molecule has 3 heteroatoms. The first-order valence-electron chi connectivity index (χ1n) is 6.36. The van der Waals surface area contributed by atoms with Crippen LogP contribution in [0.15, 0.2) is 65.1 Å². The number of hydrogen-bond acceptors (Lipinski definition) is 2. The van der Waals surface area contributed by atoms with Gasteiger partial charge in [0.15, 0.2) is 5.58 Å². The van der Waals surface area contributed by atoms with Crippen LogP contribution < -0.4 is 0 Å².